The Morgan fingerprint density at radius 1 is 0.976 bits per heavy atom. The zero-order chi connectivity index (χ0) is 28.8. The second-order valence-electron chi connectivity index (χ2n) is 11.2. The summed E-state index contributed by atoms with van der Waals surface area (Å²) < 4.78 is 5.37. The van der Waals surface area contributed by atoms with E-state index in [0.29, 0.717) is 24.2 Å². The number of carbonyl (C=O) groups is 3. The fraction of sp³-hybridized carbons (Fsp3) is 0.303. The number of anilines is 1. The number of para-hydroxylation sites is 1. The van der Waals surface area contributed by atoms with Crippen LogP contribution in [0.1, 0.15) is 38.8 Å². The van der Waals surface area contributed by atoms with E-state index in [1.54, 1.807) is 29.2 Å². The van der Waals surface area contributed by atoms with Crippen molar-refractivity contribution >= 4 is 34.4 Å². The highest BCUT2D eigenvalue weighted by Gasteiger charge is 2.53. The summed E-state index contributed by atoms with van der Waals surface area (Å²) in [5, 5.41) is 4.04. The third-order valence-corrected chi connectivity index (χ3v) is 8.65. The van der Waals surface area contributed by atoms with Crippen molar-refractivity contribution < 1.29 is 19.1 Å². The number of fused-ring (bicyclic) bond motifs is 4. The van der Waals surface area contributed by atoms with Crippen molar-refractivity contribution in [3.05, 3.63) is 101 Å². The number of hydrogen-bond donors (Lipinski definition) is 2. The third-order valence-electron chi connectivity index (χ3n) is 8.65. The molecule has 42 heavy (non-hydrogen) atoms. The van der Waals surface area contributed by atoms with Gasteiger partial charge in [0.1, 0.15) is 12.1 Å². The van der Waals surface area contributed by atoms with Crippen LogP contribution in [-0.2, 0) is 16.0 Å². The zero-order valence-corrected chi connectivity index (χ0v) is 23.5. The Morgan fingerprint density at radius 3 is 2.48 bits per heavy atom. The monoisotopic (exact) mass is 563 g/mol. The summed E-state index contributed by atoms with van der Waals surface area (Å²) in [5.74, 6) is -0.438. The number of nitrogens with one attached hydrogen (secondary N) is 2. The number of nitrogens with zero attached hydrogens (tertiary/aromatic N) is 3. The molecule has 0 unspecified atom stereocenters. The maximum Gasteiger partial charge on any atom is 0.332 e. The SMILES string of the molecule is Cc1ccc([C@H]2c3[nH]c4ccccc4c3C[C@H]3C(=O)N(c4ccc(C(=O)NCCN5CCOCC5)cc4)C(=O)N23)cc1. The molecule has 4 aromatic rings. The van der Waals surface area contributed by atoms with Gasteiger partial charge in [0, 0.05) is 54.8 Å². The number of aromatic amines is 1. The molecule has 3 aliphatic rings. The van der Waals surface area contributed by atoms with E-state index in [-0.39, 0.29) is 17.8 Å². The molecule has 2 atom stereocenters. The number of urea groups is 1. The van der Waals surface area contributed by atoms with Gasteiger partial charge in [-0.3, -0.25) is 19.4 Å². The van der Waals surface area contributed by atoms with E-state index in [9.17, 15) is 14.4 Å². The fourth-order valence-corrected chi connectivity index (χ4v) is 6.42. The van der Waals surface area contributed by atoms with Gasteiger partial charge in [0.05, 0.1) is 18.9 Å². The summed E-state index contributed by atoms with van der Waals surface area (Å²) >= 11 is 0. The number of aromatic nitrogens is 1. The van der Waals surface area contributed by atoms with E-state index in [2.05, 4.69) is 21.3 Å². The molecule has 214 valence electrons. The third kappa shape index (κ3) is 4.55. The van der Waals surface area contributed by atoms with Gasteiger partial charge in [0.15, 0.2) is 0 Å². The molecule has 7 rings (SSSR count). The average molecular weight is 564 g/mol. The van der Waals surface area contributed by atoms with Crippen LogP contribution in [0.15, 0.2) is 72.8 Å². The molecule has 0 saturated carbocycles. The van der Waals surface area contributed by atoms with Crippen LogP contribution >= 0.6 is 0 Å². The van der Waals surface area contributed by atoms with E-state index in [1.807, 2.05) is 49.4 Å². The van der Waals surface area contributed by atoms with Crippen molar-refractivity contribution in [2.24, 2.45) is 0 Å². The lowest BCUT2D eigenvalue weighted by atomic mass is 9.88. The van der Waals surface area contributed by atoms with Gasteiger partial charge in [-0.1, -0.05) is 48.0 Å². The van der Waals surface area contributed by atoms with E-state index >= 15 is 0 Å². The minimum absolute atomic E-state index is 0.184. The van der Waals surface area contributed by atoms with Crippen LogP contribution in [-0.4, -0.2) is 78.1 Å². The molecule has 0 aliphatic carbocycles. The van der Waals surface area contributed by atoms with Crippen molar-refractivity contribution in [3.63, 3.8) is 0 Å². The molecular formula is C33H33N5O4. The Balaban J connectivity index is 1.15. The Hall–Kier alpha value is -4.47. The maximum absolute atomic E-state index is 14.1. The molecule has 2 saturated heterocycles. The first-order chi connectivity index (χ1) is 20.5. The van der Waals surface area contributed by atoms with E-state index in [0.717, 1.165) is 66.1 Å². The second kappa shape index (κ2) is 10.7. The minimum Gasteiger partial charge on any atom is -0.379 e. The minimum atomic E-state index is -0.626. The first kappa shape index (κ1) is 26.4. The van der Waals surface area contributed by atoms with Gasteiger partial charge in [0.25, 0.3) is 11.8 Å². The first-order valence-electron chi connectivity index (χ1n) is 14.5. The lowest BCUT2D eigenvalue weighted by molar-refractivity contribution is -0.120. The quantitative estimate of drug-likeness (QED) is 0.346. The van der Waals surface area contributed by atoms with Gasteiger partial charge in [-0.2, -0.15) is 0 Å². The van der Waals surface area contributed by atoms with Gasteiger partial charge in [-0.15, -0.1) is 0 Å². The number of amides is 4. The lowest BCUT2D eigenvalue weighted by Crippen LogP contribution is -2.44. The molecule has 0 radical (unpaired) electrons. The second-order valence-corrected chi connectivity index (χ2v) is 11.2. The van der Waals surface area contributed by atoms with Crippen molar-refractivity contribution in [1.82, 2.24) is 20.1 Å². The zero-order valence-electron chi connectivity index (χ0n) is 23.5. The number of imide groups is 1. The number of H-pyrrole nitrogens is 1. The Bertz CT molecular complexity index is 1660. The predicted molar refractivity (Wildman–Crippen MR) is 160 cm³/mol. The van der Waals surface area contributed by atoms with Crippen molar-refractivity contribution in [3.8, 4) is 0 Å². The van der Waals surface area contributed by atoms with Gasteiger partial charge in [-0.25, -0.2) is 9.69 Å². The summed E-state index contributed by atoms with van der Waals surface area (Å²) in [4.78, 5) is 49.6. The molecule has 2 fully saturated rings. The molecule has 3 aromatic carbocycles. The van der Waals surface area contributed by atoms with E-state index < -0.39 is 12.1 Å². The Morgan fingerprint density at radius 2 is 1.71 bits per heavy atom. The van der Waals surface area contributed by atoms with Crippen LogP contribution in [0.3, 0.4) is 0 Å². The van der Waals surface area contributed by atoms with Gasteiger partial charge in [0.2, 0.25) is 0 Å². The summed E-state index contributed by atoms with van der Waals surface area (Å²) in [5.41, 5.74) is 6.03. The van der Waals surface area contributed by atoms with Crippen LogP contribution in [0.25, 0.3) is 10.9 Å². The largest absolute Gasteiger partial charge is 0.379 e. The number of aryl methyl sites for hydroxylation is 1. The molecule has 0 spiro atoms. The molecule has 0 bridgehead atoms. The number of rotatable bonds is 6. The van der Waals surface area contributed by atoms with Crippen LogP contribution < -0.4 is 10.2 Å². The highest BCUT2D eigenvalue weighted by atomic mass is 16.5. The topological polar surface area (TPSA) is 98.0 Å². The maximum atomic E-state index is 14.1. The average Bonchev–Trinajstić information content (AvgIpc) is 3.51. The Kier molecular flexibility index (Phi) is 6.76. The van der Waals surface area contributed by atoms with Crippen LogP contribution in [0.5, 0.6) is 0 Å². The van der Waals surface area contributed by atoms with Crippen molar-refractivity contribution in [1.29, 1.82) is 0 Å². The van der Waals surface area contributed by atoms with Crippen LogP contribution in [0, 0.1) is 6.92 Å². The van der Waals surface area contributed by atoms with Crippen LogP contribution in [0.2, 0.25) is 0 Å². The van der Waals surface area contributed by atoms with Crippen molar-refractivity contribution in [2.75, 3.05) is 44.3 Å². The number of morpholine rings is 1. The summed E-state index contributed by atoms with van der Waals surface area (Å²) in [6.45, 7) is 6.50. The summed E-state index contributed by atoms with van der Waals surface area (Å²) in [7, 11) is 0. The molecule has 2 N–H and O–H groups in total. The lowest BCUT2D eigenvalue weighted by Gasteiger charge is -2.36. The molecule has 3 aliphatic heterocycles. The predicted octanol–water partition coefficient (Wildman–Crippen LogP) is 4.02. The normalized spacial score (nSPS) is 20.6. The summed E-state index contributed by atoms with van der Waals surface area (Å²) in [6, 6.07) is 21.5. The van der Waals surface area contributed by atoms with E-state index in [4.69, 9.17) is 4.74 Å². The number of hydrogen-bond acceptors (Lipinski definition) is 5. The van der Waals surface area contributed by atoms with Crippen molar-refractivity contribution in [2.45, 2.75) is 25.4 Å². The number of carbonyl (C=O) groups excluding carboxylic acids is 3. The number of benzene rings is 3. The van der Waals surface area contributed by atoms with Gasteiger partial charge < -0.3 is 15.0 Å². The number of ether oxygens (including phenoxy) is 1. The summed E-state index contributed by atoms with van der Waals surface area (Å²) in [6.07, 6.45) is 0.437. The smallest absolute Gasteiger partial charge is 0.332 e. The molecule has 1 aromatic heterocycles. The highest BCUT2D eigenvalue weighted by molar-refractivity contribution is 6.22. The molecule has 4 amide bonds. The molecule has 9 nitrogen and oxygen atoms in total. The van der Waals surface area contributed by atoms with Gasteiger partial charge >= 0.3 is 6.03 Å². The first-order valence-corrected chi connectivity index (χ1v) is 14.5. The standard InChI is InChI=1S/C33H33N5O4/c1-21-6-8-22(9-7-21)30-29-26(25-4-2-3-5-27(25)35-29)20-28-32(40)37(33(41)38(28)30)24-12-10-23(11-13-24)31(39)34-14-15-36-16-18-42-19-17-36/h2-13,28,30,35H,14-20H2,1H3,(H,34,39)/t28-,30-/m0/s1. The van der Waals surface area contributed by atoms with E-state index in [1.165, 1.54) is 4.90 Å². The van der Waals surface area contributed by atoms with Crippen LogP contribution in [0.4, 0.5) is 10.5 Å². The molecule has 9 heteroatoms. The fourth-order valence-electron chi connectivity index (χ4n) is 6.42. The van der Waals surface area contributed by atoms with Gasteiger partial charge in [-0.05, 0) is 48.4 Å². The highest BCUT2D eigenvalue weighted by Crippen LogP contribution is 2.44. The molecular weight excluding hydrogens is 530 g/mol. The molecule has 4 heterocycles. The Labute approximate surface area is 244 Å².